The Morgan fingerprint density at radius 2 is 1.97 bits per heavy atom. The zero-order chi connectivity index (χ0) is 27.8. The van der Waals surface area contributed by atoms with Crippen LogP contribution in [0.1, 0.15) is 35.6 Å². The summed E-state index contributed by atoms with van der Waals surface area (Å²) in [7, 11) is 0. The van der Waals surface area contributed by atoms with E-state index in [2.05, 4.69) is 17.4 Å². The molecular formula is C29H28Cl2FN3O4. The zero-order valence-corrected chi connectivity index (χ0v) is 22.5. The van der Waals surface area contributed by atoms with Crippen LogP contribution in [0.4, 0.5) is 4.39 Å². The van der Waals surface area contributed by atoms with E-state index in [9.17, 15) is 9.18 Å². The Morgan fingerprint density at radius 3 is 2.67 bits per heavy atom. The Labute approximate surface area is 236 Å². The van der Waals surface area contributed by atoms with E-state index in [-0.39, 0.29) is 31.3 Å². The molecule has 2 atom stereocenters. The predicted molar refractivity (Wildman–Crippen MR) is 149 cm³/mol. The maximum Gasteiger partial charge on any atom is 0.266 e. The average Bonchev–Trinajstić information content (AvgIpc) is 3.30. The van der Waals surface area contributed by atoms with Crippen molar-refractivity contribution in [3.05, 3.63) is 112 Å². The lowest BCUT2D eigenvalue weighted by Gasteiger charge is -2.30. The van der Waals surface area contributed by atoms with Gasteiger partial charge >= 0.3 is 0 Å². The highest BCUT2D eigenvalue weighted by Crippen LogP contribution is 2.45. The van der Waals surface area contributed by atoms with Gasteiger partial charge in [-0.1, -0.05) is 47.5 Å². The van der Waals surface area contributed by atoms with Gasteiger partial charge in [-0.15, -0.1) is 6.58 Å². The molecule has 0 aliphatic carbocycles. The Kier molecular flexibility index (Phi) is 9.59. The molecule has 3 aromatic carbocycles. The molecule has 3 N–H and O–H groups in total. The van der Waals surface area contributed by atoms with Gasteiger partial charge in [0, 0.05) is 47.2 Å². The number of carbonyl (C=O) groups excluding carboxylic acids is 1. The molecule has 0 spiro atoms. The molecule has 0 radical (unpaired) electrons. The molecule has 39 heavy (non-hydrogen) atoms. The molecule has 1 aliphatic rings. The lowest BCUT2D eigenvalue weighted by Crippen LogP contribution is -2.52. The SMILES string of the molecule is C=CC[C@]1(C(=O)NNCc2cccc(F)c2)N=C(c2ccc(OCCCO)cc2)O[C@H]1c1ccc(Cl)cc1Cl. The van der Waals surface area contributed by atoms with Crippen LogP contribution >= 0.6 is 23.2 Å². The normalized spacial score (nSPS) is 18.3. The maximum atomic E-state index is 13.8. The van der Waals surface area contributed by atoms with Crippen LogP contribution in [0.25, 0.3) is 0 Å². The summed E-state index contributed by atoms with van der Waals surface area (Å²) in [6, 6.07) is 18.1. The molecule has 7 nitrogen and oxygen atoms in total. The lowest BCUT2D eigenvalue weighted by molar-refractivity contribution is -0.129. The molecule has 0 aromatic heterocycles. The van der Waals surface area contributed by atoms with Gasteiger partial charge in [0.2, 0.25) is 5.90 Å². The van der Waals surface area contributed by atoms with Crippen molar-refractivity contribution in [3.63, 3.8) is 0 Å². The first-order chi connectivity index (χ1) is 18.9. The second-order valence-corrected chi connectivity index (χ2v) is 9.73. The summed E-state index contributed by atoms with van der Waals surface area (Å²) < 4.78 is 25.5. The fourth-order valence-electron chi connectivity index (χ4n) is 4.21. The van der Waals surface area contributed by atoms with Crippen molar-refractivity contribution >= 4 is 35.0 Å². The van der Waals surface area contributed by atoms with E-state index in [0.29, 0.717) is 45.5 Å². The fourth-order valence-corrected chi connectivity index (χ4v) is 4.72. The Balaban J connectivity index is 1.64. The van der Waals surface area contributed by atoms with Crippen molar-refractivity contribution in [1.82, 2.24) is 10.9 Å². The summed E-state index contributed by atoms with van der Waals surface area (Å²) >= 11 is 12.7. The van der Waals surface area contributed by atoms with E-state index < -0.39 is 17.6 Å². The van der Waals surface area contributed by atoms with Gasteiger partial charge in [0.1, 0.15) is 11.6 Å². The number of hydrazine groups is 1. The van der Waals surface area contributed by atoms with Gasteiger partial charge in [-0.05, 0) is 54.1 Å². The molecule has 4 rings (SSSR count). The van der Waals surface area contributed by atoms with Crippen LogP contribution in [0.3, 0.4) is 0 Å². The van der Waals surface area contributed by atoms with Crippen LogP contribution in [0, 0.1) is 5.82 Å². The van der Waals surface area contributed by atoms with E-state index in [0.717, 1.165) is 0 Å². The molecule has 1 amide bonds. The number of aliphatic imine (C=N–C) groups is 1. The Bertz CT molecular complexity index is 1350. The number of rotatable bonds is 12. The number of amides is 1. The van der Waals surface area contributed by atoms with Crippen molar-refractivity contribution in [2.75, 3.05) is 13.2 Å². The monoisotopic (exact) mass is 571 g/mol. The first kappa shape index (κ1) is 28.6. The van der Waals surface area contributed by atoms with Crippen LogP contribution in [0.2, 0.25) is 10.0 Å². The summed E-state index contributed by atoms with van der Waals surface area (Å²) in [5, 5.41) is 9.72. The van der Waals surface area contributed by atoms with Crippen LogP contribution in [-0.4, -0.2) is 35.7 Å². The molecule has 0 unspecified atom stereocenters. The standard InChI is InChI=1S/C29H28Cl2FN3O4/c1-2-13-29(28(37)35-33-18-19-5-3-6-22(32)16-19)26(24-12-9-21(30)17-25(24)31)39-27(34-29)20-7-10-23(11-8-20)38-15-4-14-36/h2-3,5-12,16-17,26,33,36H,1,4,13-15,18H2,(H,35,37)/t26-,29-/m0/s1. The number of benzene rings is 3. The van der Waals surface area contributed by atoms with Crippen molar-refractivity contribution < 1.29 is 23.8 Å². The lowest BCUT2D eigenvalue weighted by atomic mass is 9.84. The summed E-state index contributed by atoms with van der Waals surface area (Å²) in [6.07, 6.45) is 1.35. The second-order valence-electron chi connectivity index (χ2n) is 8.89. The highest BCUT2D eigenvalue weighted by atomic mass is 35.5. The molecule has 1 aliphatic heterocycles. The van der Waals surface area contributed by atoms with E-state index in [1.165, 1.54) is 12.1 Å². The van der Waals surface area contributed by atoms with Crippen LogP contribution in [0.15, 0.2) is 84.4 Å². The summed E-state index contributed by atoms with van der Waals surface area (Å²) in [5.41, 5.74) is 5.92. The van der Waals surface area contributed by atoms with Crippen molar-refractivity contribution in [2.45, 2.75) is 31.0 Å². The van der Waals surface area contributed by atoms with E-state index >= 15 is 0 Å². The molecule has 3 aromatic rings. The summed E-state index contributed by atoms with van der Waals surface area (Å²) in [6.45, 7) is 4.46. The smallest absolute Gasteiger partial charge is 0.266 e. The first-order valence-electron chi connectivity index (χ1n) is 12.3. The zero-order valence-electron chi connectivity index (χ0n) is 21.0. The maximum absolute atomic E-state index is 13.8. The average molecular weight is 572 g/mol. The molecule has 1 heterocycles. The number of hydrogen-bond acceptors (Lipinski definition) is 6. The first-order valence-corrected chi connectivity index (χ1v) is 13.1. The third-order valence-electron chi connectivity index (χ3n) is 6.11. The number of ether oxygens (including phenoxy) is 2. The van der Waals surface area contributed by atoms with E-state index in [4.69, 9.17) is 42.8 Å². The summed E-state index contributed by atoms with van der Waals surface area (Å²) in [4.78, 5) is 18.6. The molecule has 10 heteroatoms. The van der Waals surface area contributed by atoms with Crippen molar-refractivity contribution in [3.8, 4) is 5.75 Å². The number of carbonyl (C=O) groups is 1. The van der Waals surface area contributed by atoms with Crippen LogP contribution in [-0.2, 0) is 16.1 Å². The highest BCUT2D eigenvalue weighted by Gasteiger charge is 2.53. The number of aliphatic hydroxyl groups excluding tert-OH is 1. The third kappa shape index (κ3) is 6.78. The predicted octanol–water partition coefficient (Wildman–Crippen LogP) is 5.55. The Hall–Kier alpha value is -3.43. The minimum atomic E-state index is -1.46. The minimum Gasteiger partial charge on any atom is -0.494 e. The van der Waals surface area contributed by atoms with Gasteiger partial charge in [-0.3, -0.25) is 10.2 Å². The molecule has 0 bridgehead atoms. The van der Waals surface area contributed by atoms with Gasteiger partial charge in [-0.25, -0.2) is 14.8 Å². The molecule has 0 saturated carbocycles. The van der Waals surface area contributed by atoms with Gasteiger partial charge in [-0.2, -0.15) is 0 Å². The molecular weight excluding hydrogens is 544 g/mol. The van der Waals surface area contributed by atoms with E-state index in [1.807, 2.05) is 0 Å². The molecule has 204 valence electrons. The van der Waals surface area contributed by atoms with Crippen molar-refractivity contribution in [2.24, 2.45) is 4.99 Å². The minimum absolute atomic E-state index is 0.0436. The second kappa shape index (κ2) is 13.1. The van der Waals surface area contributed by atoms with Crippen LogP contribution in [0.5, 0.6) is 5.75 Å². The number of hydrogen-bond donors (Lipinski definition) is 3. The molecule has 0 saturated heterocycles. The number of aliphatic hydroxyl groups is 1. The number of nitrogens with one attached hydrogen (secondary N) is 2. The largest absolute Gasteiger partial charge is 0.494 e. The van der Waals surface area contributed by atoms with Crippen molar-refractivity contribution in [1.29, 1.82) is 0 Å². The molecule has 0 fully saturated rings. The highest BCUT2D eigenvalue weighted by molar-refractivity contribution is 6.35. The van der Waals surface area contributed by atoms with Gasteiger partial charge in [0.15, 0.2) is 11.6 Å². The summed E-state index contributed by atoms with van der Waals surface area (Å²) in [5.74, 6) is 0.0213. The topological polar surface area (TPSA) is 92.2 Å². The van der Waals surface area contributed by atoms with Crippen LogP contribution < -0.4 is 15.6 Å². The number of nitrogens with zero attached hydrogens (tertiary/aromatic N) is 1. The Morgan fingerprint density at radius 1 is 1.18 bits per heavy atom. The fraction of sp³-hybridized carbons (Fsp3) is 0.241. The van der Waals surface area contributed by atoms with E-state index in [1.54, 1.807) is 60.7 Å². The van der Waals surface area contributed by atoms with Gasteiger partial charge < -0.3 is 14.6 Å². The third-order valence-corrected chi connectivity index (χ3v) is 6.68. The number of halogens is 3. The van der Waals surface area contributed by atoms with Gasteiger partial charge in [0.25, 0.3) is 5.91 Å². The quantitative estimate of drug-likeness (QED) is 0.151. The van der Waals surface area contributed by atoms with Gasteiger partial charge in [0.05, 0.1) is 6.61 Å².